The molecule has 3 N–H and O–H groups in total. The first kappa shape index (κ1) is 18.4. The van der Waals surface area contributed by atoms with E-state index in [4.69, 9.17) is 14.9 Å². The summed E-state index contributed by atoms with van der Waals surface area (Å²) in [6, 6.07) is 9.22. The molecule has 0 saturated carbocycles. The van der Waals surface area contributed by atoms with E-state index in [0.717, 1.165) is 5.56 Å². The van der Waals surface area contributed by atoms with Gasteiger partial charge in [-0.05, 0) is 12.0 Å². The Hall–Kier alpha value is -2.61. The Morgan fingerprint density at radius 2 is 1.65 bits per heavy atom. The van der Waals surface area contributed by atoms with Gasteiger partial charge >= 0.3 is 18.0 Å². The van der Waals surface area contributed by atoms with Crippen LogP contribution in [-0.2, 0) is 20.9 Å². The standard InChI is InChI=1S/C15H20N2O6/c18-13(19)9-17(10-14(20)21)8-4-7-16-15(22)23-11-12-5-2-1-3-6-12/h1-3,5-6H,4,7-11H2,(H,16,22)(H,18,19)(H,20,21). The summed E-state index contributed by atoms with van der Waals surface area (Å²) in [4.78, 5) is 34.0. The molecule has 0 heterocycles. The molecule has 0 aliphatic carbocycles. The maximum Gasteiger partial charge on any atom is 0.407 e. The zero-order chi connectivity index (χ0) is 17.1. The number of amides is 1. The highest BCUT2D eigenvalue weighted by molar-refractivity contribution is 5.72. The SMILES string of the molecule is O=C(O)CN(CCCNC(=O)OCc1ccccc1)CC(=O)O. The Kier molecular flexibility index (Phi) is 8.16. The predicted octanol–water partition coefficient (Wildman–Crippen LogP) is 0.774. The lowest BCUT2D eigenvalue weighted by Crippen LogP contribution is -2.36. The molecule has 23 heavy (non-hydrogen) atoms. The van der Waals surface area contributed by atoms with Crippen molar-refractivity contribution >= 4 is 18.0 Å². The van der Waals surface area contributed by atoms with E-state index < -0.39 is 18.0 Å². The van der Waals surface area contributed by atoms with E-state index in [-0.39, 0.29) is 32.8 Å². The lowest BCUT2D eigenvalue weighted by molar-refractivity contribution is -0.141. The van der Waals surface area contributed by atoms with Crippen LogP contribution < -0.4 is 5.32 Å². The minimum absolute atomic E-state index is 0.164. The number of alkyl carbamates (subject to hydrolysis) is 1. The van der Waals surface area contributed by atoms with E-state index in [1.54, 1.807) is 0 Å². The van der Waals surface area contributed by atoms with Gasteiger partial charge < -0.3 is 20.3 Å². The fraction of sp³-hybridized carbons (Fsp3) is 0.400. The first-order valence-electron chi connectivity index (χ1n) is 7.08. The van der Waals surface area contributed by atoms with E-state index in [9.17, 15) is 14.4 Å². The molecule has 0 aliphatic heterocycles. The minimum atomic E-state index is -1.10. The molecule has 1 aromatic carbocycles. The highest BCUT2D eigenvalue weighted by Gasteiger charge is 2.13. The number of benzene rings is 1. The first-order valence-corrected chi connectivity index (χ1v) is 7.08. The zero-order valence-corrected chi connectivity index (χ0v) is 12.6. The van der Waals surface area contributed by atoms with Crippen molar-refractivity contribution in [2.75, 3.05) is 26.2 Å². The van der Waals surface area contributed by atoms with Crippen molar-refractivity contribution in [2.24, 2.45) is 0 Å². The monoisotopic (exact) mass is 324 g/mol. The maximum atomic E-state index is 11.5. The van der Waals surface area contributed by atoms with Crippen molar-refractivity contribution in [2.45, 2.75) is 13.0 Å². The van der Waals surface area contributed by atoms with Crippen molar-refractivity contribution in [3.63, 3.8) is 0 Å². The zero-order valence-electron chi connectivity index (χ0n) is 12.6. The van der Waals surface area contributed by atoms with Gasteiger partial charge in [-0.25, -0.2) is 4.79 Å². The summed E-state index contributed by atoms with van der Waals surface area (Å²) in [6.07, 6.45) is -0.155. The second-order valence-corrected chi connectivity index (χ2v) is 4.84. The highest BCUT2D eigenvalue weighted by atomic mass is 16.5. The number of nitrogens with zero attached hydrogens (tertiary/aromatic N) is 1. The summed E-state index contributed by atoms with van der Waals surface area (Å²) in [5.41, 5.74) is 0.872. The summed E-state index contributed by atoms with van der Waals surface area (Å²) in [5.74, 6) is -2.19. The second kappa shape index (κ2) is 10.2. The van der Waals surface area contributed by atoms with E-state index >= 15 is 0 Å². The fourth-order valence-corrected chi connectivity index (χ4v) is 1.86. The van der Waals surface area contributed by atoms with Gasteiger partial charge in [0, 0.05) is 13.1 Å². The van der Waals surface area contributed by atoms with Gasteiger partial charge in [-0.1, -0.05) is 30.3 Å². The molecule has 8 heteroatoms. The van der Waals surface area contributed by atoms with Gasteiger partial charge in [-0.3, -0.25) is 14.5 Å². The topological polar surface area (TPSA) is 116 Å². The third-order valence-corrected chi connectivity index (χ3v) is 2.85. The number of carboxylic acids is 2. The second-order valence-electron chi connectivity index (χ2n) is 4.84. The van der Waals surface area contributed by atoms with Crippen LogP contribution in [0.5, 0.6) is 0 Å². The number of carbonyl (C=O) groups excluding carboxylic acids is 1. The fourth-order valence-electron chi connectivity index (χ4n) is 1.86. The molecule has 0 radical (unpaired) electrons. The van der Waals surface area contributed by atoms with Crippen molar-refractivity contribution in [1.82, 2.24) is 10.2 Å². The van der Waals surface area contributed by atoms with Gasteiger partial charge in [0.05, 0.1) is 13.1 Å². The van der Waals surface area contributed by atoms with Crippen LogP contribution >= 0.6 is 0 Å². The number of nitrogens with one attached hydrogen (secondary N) is 1. The Morgan fingerprint density at radius 3 is 2.22 bits per heavy atom. The summed E-state index contributed by atoms with van der Waals surface area (Å²) >= 11 is 0. The average molecular weight is 324 g/mol. The van der Waals surface area contributed by atoms with Crippen LogP contribution in [0.3, 0.4) is 0 Å². The number of ether oxygens (including phenoxy) is 1. The molecule has 0 atom stereocenters. The molecule has 1 aromatic rings. The number of rotatable bonds is 10. The van der Waals surface area contributed by atoms with Crippen LogP contribution in [0.1, 0.15) is 12.0 Å². The molecule has 0 fully saturated rings. The average Bonchev–Trinajstić information content (AvgIpc) is 2.49. The van der Waals surface area contributed by atoms with E-state index in [2.05, 4.69) is 5.32 Å². The van der Waals surface area contributed by atoms with Crippen LogP contribution in [0.15, 0.2) is 30.3 Å². The number of hydrogen-bond donors (Lipinski definition) is 3. The molecule has 0 saturated heterocycles. The molecular formula is C15H20N2O6. The van der Waals surface area contributed by atoms with Crippen LogP contribution in [0.25, 0.3) is 0 Å². The van der Waals surface area contributed by atoms with Crippen molar-refractivity contribution in [3.05, 3.63) is 35.9 Å². The van der Waals surface area contributed by atoms with Crippen LogP contribution in [-0.4, -0.2) is 59.3 Å². The molecule has 1 rings (SSSR count). The Bertz CT molecular complexity index is 504. The molecule has 126 valence electrons. The highest BCUT2D eigenvalue weighted by Crippen LogP contribution is 2.00. The van der Waals surface area contributed by atoms with Gasteiger partial charge in [0.1, 0.15) is 6.61 Å². The van der Waals surface area contributed by atoms with E-state index in [1.165, 1.54) is 4.90 Å². The largest absolute Gasteiger partial charge is 0.480 e. The quantitative estimate of drug-likeness (QED) is 0.544. The van der Waals surface area contributed by atoms with Crippen LogP contribution in [0.4, 0.5) is 4.79 Å². The predicted molar refractivity (Wildman–Crippen MR) is 81.0 cm³/mol. The van der Waals surface area contributed by atoms with Crippen molar-refractivity contribution in [1.29, 1.82) is 0 Å². The lowest BCUT2D eigenvalue weighted by atomic mass is 10.2. The molecule has 0 spiro atoms. The van der Waals surface area contributed by atoms with E-state index in [0.29, 0.717) is 6.42 Å². The molecule has 8 nitrogen and oxygen atoms in total. The molecular weight excluding hydrogens is 304 g/mol. The number of carbonyl (C=O) groups is 3. The van der Waals surface area contributed by atoms with Gasteiger partial charge in [0.25, 0.3) is 0 Å². The Balaban J connectivity index is 2.20. The van der Waals surface area contributed by atoms with Crippen molar-refractivity contribution in [3.8, 4) is 0 Å². The Labute approximate surface area is 133 Å². The molecule has 0 aromatic heterocycles. The number of hydrogen-bond acceptors (Lipinski definition) is 5. The maximum absolute atomic E-state index is 11.5. The summed E-state index contributed by atoms with van der Waals surface area (Å²) in [6.45, 7) is -0.0345. The molecule has 0 unspecified atom stereocenters. The van der Waals surface area contributed by atoms with Crippen molar-refractivity contribution < 1.29 is 29.3 Å². The molecule has 1 amide bonds. The first-order chi connectivity index (χ1) is 11.0. The van der Waals surface area contributed by atoms with Gasteiger partial charge in [0.2, 0.25) is 0 Å². The van der Waals surface area contributed by atoms with Gasteiger partial charge in [-0.15, -0.1) is 0 Å². The molecule has 0 aliphatic rings. The number of aliphatic carboxylic acids is 2. The van der Waals surface area contributed by atoms with Gasteiger partial charge in [0.15, 0.2) is 0 Å². The van der Waals surface area contributed by atoms with Gasteiger partial charge in [-0.2, -0.15) is 0 Å². The lowest BCUT2D eigenvalue weighted by Gasteiger charge is -2.17. The smallest absolute Gasteiger partial charge is 0.407 e. The summed E-state index contributed by atoms with van der Waals surface area (Å²) in [5, 5.41) is 19.9. The summed E-state index contributed by atoms with van der Waals surface area (Å²) < 4.78 is 5.01. The number of carboxylic acid groups (broad SMARTS) is 2. The van der Waals surface area contributed by atoms with Crippen LogP contribution in [0, 0.1) is 0 Å². The van der Waals surface area contributed by atoms with Crippen LogP contribution in [0.2, 0.25) is 0 Å². The van der Waals surface area contributed by atoms with E-state index in [1.807, 2.05) is 30.3 Å². The third kappa shape index (κ3) is 9.10. The third-order valence-electron chi connectivity index (χ3n) is 2.85. The Morgan fingerprint density at radius 1 is 1.04 bits per heavy atom. The molecule has 0 bridgehead atoms. The normalized spacial score (nSPS) is 10.3. The minimum Gasteiger partial charge on any atom is -0.480 e. The summed E-state index contributed by atoms with van der Waals surface area (Å²) in [7, 11) is 0.